The topological polar surface area (TPSA) is 89.9 Å². The molecule has 0 spiro atoms. The molecule has 6 nitrogen and oxygen atoms in total. The van der Waals surface area contributed by atoms with Crippen molar-refractivity contribution in [3.05, 3.63) is 0 Å². The van der Waals surface area contributed by atoms with E-state index in [2.05, 4.69) is 4.74 Å². The van der Waals surface area contributed by atoms with E-state index in [1.165, 1.54) is 0 Å². The van der Waals surface area contributed by atoms with E-state index >= 15 is 0 Å². The lowest BCUT2D eigenvalue weighted by molar-refractivity contribution is -0.158. The molecule has 0 bridgehead atoms. The van der Waals surface area contributed by atoms with Crippen molar-refractivity contribution in [2.75, 3.05) is 19.8 Å². The number of carbonyl (C=O) groups is 3. The number of ether oxygens (including phenoxy) is 2. The normalized spacial score (nSPS) is 9.67. The van der Waals surface area contributed by atoms with Crippen LogP contribution in [-0.4, -0.2) is 42.6 Å². The standard InChI is InChI=1S/C9H14O6/c1-2-3-4-14-6-8(11)15-5-7(10)9(12)13/h2-6H2,1H3,(H,12,13). The number of carbonyl (C=O) groups excluding carboxylic acids is 2. The highest BCUT2D eigenvalue weighted by Crippen LogP contribution is 1.89. The van der Waals surface area contributed by atoms with Crippen molar-refractivity contribution in [3.8, 4) is 0 Å². The van der Waals surface area contributed by atoms with Gasteiger partial charge in [-0.2, -0.15) is 0 Å². The van der Waals surface area contributed by atoms with E-state index in [4.69, 9.17) is 9.84 Å². The Hall–Kier alpha value is -1.43. The summed E-state index contributed by atoms with van der Waals surface area (Å²) >= 11 is 0. The number of hydrogen-bond donors (Lipinski definition) is 1. The molecule has 1 N–H and O–H groups in total. The molecule has 0 unspecified atom stereocenters. The van der Waals surface area contributed by atoms with Crippen LogP contribution >= 0.6 is 0 Å². The van der Waals surface area contributed by atoms with E-state index < -0.39 is 24.3 Å². The second-order valence-corrected chi connectivity index (χ2v) is 2.80. The minimum Gasteiger partial charge on any atom is -0.475 e. The first-order valence-corrected chi connectivity index (χ1v) is 4.57. The zero-order valence-electron chi connectivity index (χ0n) is 8.52. The molecule has 86 valence electrons. The molecule has 0 aromatic carbocycles. The molecule has 15 heavy (non-hydrogen) atoms. The molecule has 0 fully saturated rings. The highest BCUT2D eigenvalue weighted by Gasteiger charge is 2.13. The first-order chi connectivity index (χ1) is 7.07. The third-order valence-electron chi connectivity index (χ3n) is 1.46. The maximum atomic E-state index is 10.8. The van der Waals surface area contributed by atoms with Crippen LogP contribution < -0.4 is 0 Å². The number of carboxylic acids is 1. The fourth-order valence-corrected chi connectivity index (χ4v) is 0.651. The Kier molecular flexibility index (Phi) is 7.17. The van der Waals surface area contributed by atoms with Crippen molar-refractivity contribution >= 4 is 17.7 Å². The summed E-state index contributed by atoms with van der Waals surface area (Å²) in [7, 11) is 0. The van der Waals surface area contributed by atoms with Crippen LogP contribution in [-0.2, 0) is 23.9 Å². The molecule has 0 saturated heterocycles. The van der Waals surface area contributed by atoms with Crippen molar-refractivity contribution < 1.29 is 29.0 Å². The fraction of sp³-hybridized carbons (Fsp3) is 0.667. The van der Waals surface area contributed by atoms with Gasteiger partial charge in [-0.25, -0.2) is 9.59 Å². The largest absolute Gasteiger partial charge is 0.475 e. The molecule has 0 aliphatic rings. The Morgan fingerprint density at radius 2 is 1.87 bits per heavy atom. The lowest BCUT2D eigenvalue weighted by Crippen LogP contribution is -2.23. The Morgan fingerprint density at radius 1 is 1.20 bits per heavy atom. The van der Waals surface area contributed by atoms with E-state index in [1.807, 2.05) is 6.92 Å². The van der Waals surface area contributed by atoms with Gasteiger partial charge in [0.15, 0.2) is 6.61 Å². The summed E-state index contributed by atoms with van der Waals surface area (Å²) in [5.41, 5.74) is 0. The van der Waals surface area contributed by atoms with Gasteiger partial charge >= 0.3 is 11.9 Å². The smallest absolute Gasteiger partial charge is 0.375 e. The molecule has 0 heterocycles. The van der Waals surface area contributed by atoms with Gasteiger partial charge in [0.1, 0.15) is 6.61 Å². The van der Waals surface area contributed by atoms with Crippen LogP contribution in [0.1, 0.15) is 19.8 Å². The van der Waals surface area contributed by atoms with E-state index in [0.717, 1.165) is 12.8 Å². The zero-order valence-corrected chi connectivity index (χ0v) is 8.52. The summed E-state index contributed by atoms with van der Waals surface area (Å²) in [6.45, 7) is 1.42. The number of carboxylic acid groups (broad SMARTS) is 1. The molecule has 0 saturated carbocycles. The van der Waals surface area contributed by atoms with Gasteiger partial charge in [0.25, 0.3) is 5.78 Å². The van der Waals surface area contributed by atoms with Gasteiger partial charge in [0, 0.05) is 6.61 Å². The number of unbranched alkanes of at least 4 members (excludes halogenated alkanes) is 1. The van der Waals surface area contributed by atoms with Gasteiger partial charge < -0.3 is 14.6 Å². The summed E-state index contributed by atoms with van der Waals surface area (Å²) in [5, 5.41) is 8.17. The summed E-state index contributed by atoms with van der Waals surface area (Å²) < 4.78 is 9.25. The fourth-order valence-electron chi connectivity index (χ4n) is 0.651. The summed E-state index contributed by atoms with van der Waals surface area (Å²) in [5.74, 6) is -3.51. The summed E-state index contributed by atoms with van der Waals surface area (Å²) in [6, 6.07) is 0. The summed E-state index contributed by atoms with van der Waals surface area (Å²) in [4.78, 5) is 31.4. The molecule has 0 radical (unpaired) electrons. The number of Topliss-reactive ketones (excluding diaryl/α,β-unsaturated/α-hetero) is 1. The van der Waals surface area contributed by atoms with Crippen molar-refractivity contribution in [3.63, 3.8) is 0 Å². The van der Waals surface area contributed by atoms with Crippen LogP contribution in [0, 0.1) is 0 Å². The SMILES string of the molecule is CCCCOCC(=O)OCC(=O)C(=O)O. The Bertz CT molecular complexity index is 235. The number of ketones is 1. The molecule has 0 rings (SSSR count). The van der Waals surface area contributed by atoms with Crippen LogP contribution in [0.5, 0.6) is 0 Å². The van der Waals surface area contributed by atoms with Gasteiger partial charge in [-0.05, 0) is 6.42 Å². The maximum absolute atomic E-state index is 10.8. The van der Waals surface area contributed by atoms with Crippen LogP contribution in [0.25, 0.3) is 0 Å². The molecule has 0 atom stereocenters. The third-order valence-corrected chi connectivity index (χ3v) is 1.46. The van der Waals surface area contributed by atoms with E-state index in [1.54, 1.807) is 0 Å². The second-order valence-electron chi connectivity index (χ2n) is 2.80. The molecule has 0 aromatic rings. The highest BCUT2D eigenvalue weighted by molar-refractivity contribution is 6.33. The average molecular weight is 218 g/mol. The zero-order chi connectivity index (χ0) is 11.7. The maximum Gasteiger partial charge on any atom is 0.375 e. The van der Waals surface area contributed by atoms with Crippen molar-refractivity contribution in [1.29, 1.82) is 0 Å². The average Bonchev–Trinajstić information content (AvgIpc) is 2.20. The second kappa shape index (κ2) is 7.93. The van der Waals surface area contributed by atoms with Gasteiger partial charge in [-0.3, -0.25) is 4.79 Å². The van der Waals surface area contributed by atoms with Gasteiger partial charge in [-0.1, -0.05) is 13.3 Å². The van der Waals surface area contributed by atoms with Crippen LogP contribution in [0.4, 0.5) is 0 Å². The van der Waals surface area contributed by atoms with Gasteiger partial charge in [0.2, 0.25) is 0 Å². The number of esters is 1. The van der Waals surface area contributed by atoms with Crippen LogP contribution in [0.15, 0.2) is 0 Å². The minimum absolute atomic E-state index is 0.257. The van der Waals surface area contributed by atoms with Crippen LogP contribution in [0.3, 0.4) is 0 Å². The predicted molar refractivity (Wildman–Crippen MR) is 49.3 cm³/mol. The monoisotopic (exact) mass is 218 g/mol. The Morgan fingerprint density at radius 3 is 2.40 bits per heavy atom. The Labute approximate surface area is 87.2 Å². The number of aliphatic carboxylic acids is 1. The number of hydrogen-bond acceptors (Lipinski definition) is 5. The molecular formula is C9H14O6. The lowest BCUT2D eigenvalue weighted by atomic mass is 10.4. The molecular weight excluding hydrogens is 204 g/mol. The van der Waals surface area contributed by atoms with Gasteiger partial charge in [0.05, 0.1) is 0 Å². The highest BCUT2D eigenvalue weighted by atomic mass is 16.6. The molecule has 6 heteroatoms. The first-order valence-electron chi connectivity index (χ1n) is 4.57. The van der Waals surface area contributed by atoms with Crippen molar-refractivity contribution in [1.82, 2.24) is 0 Å². The van der Waals surface area contributed by atoms with E-state index in [0.29, 0.717) is 6.61 Å². The summed E-state index contributed by atoms with van der Waals surface area (Å²) in [6.07, 6.45) is 1.79. The minimum atomic E-state index is -1.62. The lowest BCUT2D eigenvalue weighted by Gasteiger charge is -2.03. The predicted octanol–water partition coefficient (Wildman–Crippen LogP) is -0.000000000000000278. The van der Waals surface area contributed by atoms with E-state index in [-0.39, 0.29) is 6.61 Å². The molecule has 0 aliphatic heterocycles. The van der Waals surface area contributed by atoms with Crippen molar-refractivity contribution in [2.45, 2.75) is 19.8 Å². The van der Waals surface area contributed by atoms with Gasteiger partial charge in [-0.15, -0.1) is 0 Å². The molecule has 0 aliphatic carbocycles. The third kappa shape index (κ3) is 7.63. The first kappa shape index (κ1) is 13.6. The van der Waals surface area contributed by atoms with Crippen LogP contribution in [0.2, 0.25) is 0 Å². The molecule has 0 aromatic heterocycles. The Balaban J connectivity index is 3.49. The number of rotatable bonds is 8. The quantitative estimate of drug-likeness (QED) is 0.350. The van der Waals surface area contributed by atoms with Crippen molar-refractivity contribution in [2.24, 2.45) is 0 Å². The van der Waals surface area contributed by atoms with E-state index in [9.17, 15) is 14.4 Å². The molecule has 0 amide bonds.